The van der Waals surface area contributed by atoms with Crippen LogP contribution in [0.1, 0.15) is 57.9 Å². The van der Waals surface area contributed by atoms with E-state index in [0.717, 1.165) is 19.0 Å². The van der Waals surface area contributed by atoms with Crippen LogP contribution in [0.25, 0.3) is 0 Å². The van der Waals surface area contributed by atoms with Crippen molar-refractivity contribution in [2.45, 2.75) is 64.8 Å². The zero-order chi connectivity index (χ0) is 15.3. The number of anilines is 1. The Bertz CT molecular complexity index is 443. The highest BCUT2D eigenvalue weighted by Gasteiger charge is 2.36. The lowest BCUT2D eigenvalue weighted by molar-refractivity contribution is 0.342. The van der Waals surface area contributed by atoms with Crippen LogP contribution in [0.15, 0.2) is 24.3 Å². The number of likely N-dealkylation sites (N-methyl/N-ethyl adjacent to an activating group) is 1. The summed E-state index contributed by atoms with van der Waals surface area (Å²) in [5, 5.41) is 0. The fourth-order valence-electron chi connectivity index (χ4n) is 4.04. The van der Waals surface area contributed by atoms with Crippen LogP contribution in [-0.4, -0.2) is 18.6 Å². The van der Waals surface area contributed by atoms with Gasteiger partial charge in [0.15, 0.2) is 0 Å². The fraction of sp³-hybridized carbons (Fsp3) is 0.684. The molecule has 0 aromatic heterocycles. The highest BCUT2D eigenvalue weighted by molar-refractivity contribution is 5.51. The molecule has 0 radical (unpaired) electrons. The summed E-state index contributed by atoms with van der Waals surface area (Å²) in [6, 6.07) is 8.90. The molecule has 118 valence electrons. The first-order valence-corrected chi connectivity index (χ1v) is 8.69. The van der Waals surface area contributed by atoms with E-state index in [2.05, 4.69) is 49.9 Å². The second kappa shape index (κ2) is 7.31. The first-order chi connectivity index (χ1) is 10.1. The maximum absolute atomic E-state index is 6.30. The van der Waals surface area contributed by atoms with Crippen molar-refractivity contribution in [2.75, 3.05) is 18.0 Å². The highest BCUT2D eigenvalue weighted by Crippen LogP contribution is 2.38. The third-order valence-corrected chi connectivity index (χ3v) is 5.43. The molecule has 1 saturated carbocycles. The van der Waals surface area contributed by atoms with Crippen molar-refractivity contribution < 1.29 is 0 Å². The van der Waals surface area contributed by atoms with Crippen molar-refractivity contribution in [3.05, 3.63) is 29.8 Å². The quantitative estimate of drug-likeness (QED) is 0.808. The maximum Gasteiger partial charge on any atom is 0.0524 e. The van der Waals surface area contributed by atoms with Gasteiger partial charge in [-0.15, -0.1) is 0 Å². The smallest absolute Gasteiger partial charge is 0.0524 e. The first kappa shape index (κ1) is 16.4. The molecule has 1 aliphatic rings. The molecule has 1 aliphatic carbocycles. The number of nitrogens with zero attached hydrogens (tertiary/aromatic N) is 1. The number of hydrogen-bond acceptors (Lipinski definition) is 2. The van der Waals surface area contributed by atoms with E-state index < -0.39 is 0 Å². The fourth-order valence-corrected chi connectivity index (χ4v) is 4.04. The molecular weight excluding hydrogens is 256 g/mol. The zero-order valence-electron chi connectivity index (χ0n) is 14.1. The van der Waals surface area contributed by atoms with Crippen molar-refractivity contribution in [1.29, 1.82) is 0 Å². The first-order valence-electron chi connectivity index (χ1n) is 8.69. The molecule has 1 fully saturated rings. The Morgan fingerprint density at radius 3 is 2.67 bits per heavy atom. The lowest BCUT2D eigenvalue weighted by atomic mass is 9.86. The Balaban J connectivity index is 2.28. The molecule has 2 unspecified atom stereocenters. The number of rotatable bonds is 5. The number of benzene rings is 1. The van der Waals surface area contributed by atoms with Crippen LogP contribution < -0.4 is 10.6 Å². The van der Waals surface area contributed by atoms with Gasteiger partial charge in [-0.2, -0.15) is 0 Å². The number of nitrogens with two attached hydrogens (primary N) is 1. The van der Waals surface area contributed by atoms with E-state index in [1.54, 1.807) is 0 Å². The molecule has 0 heterocycles. The summed E-state index contributed by atoms with van der Waals surface area (Å²) in [6.07, 6.45) is 7.82. The molecule has 0 saturated heterocycles. The molecule has 0 aliphatic heterocycles. The van der Waals surface area contributed by atoms with Crippen LogP contribution in [-0.2, 0) is 0 Å². The predicted octanol–water partition coefficient (Wildman–Crippen LogP) is 4.51. The molecule has 21 heavy (non-hydrogen) atoms. The Hall–Kier alpha value is -1.02. The van der Waals surface area contributed by atoms with E-state index in [4.69, 9.17) is 5.73 Å². The van der Waals surface area contributed by atoms with Gasteiger partial charge in [0.25, 0.3) is 0 Å². The molecule has 0 amide bonds. The molecule has 0 bridgehead atoms. The van der Waals surface area contributed by atoms with Crippen molar-refractivity contribution in [1.82, 2.24) is 0 Å². The van der Waals surface area contributed by atoms with Crippen LogP contribution in [0.2, 0.25) is 0 Å². The van der Waals surface area contributed by atoms with Crippen LogP contribution in [0, 0.1) is 12.8 Å². The van der Waals surface area contributed by atoms with Gasteiger partial charge in [-0.05, 0) is 56.7 Å². The lowest BCUT2D eigenvalue weighted by Crippen LogP contribution is -2.54. The van der Waals surface area contributed by atoms with E-state index in [-0.39, 0.29) is 5.54 Å². The molecule has 2 heteroatoms. The van der Waals surface area contributed by atoms with Gasteiger partial charge >= 0.3 is 0 Å². The van der Waals surface area contributed by atoms with E-state index in [1.165, 1.54) is 49.8 Å². The van der Waals surface area contributed by atoms with E-state index in [9.17, 15) is 0 Å². The van der Waals surface area contributed by atoms with Crippen molar-refractivity contribution in [3.8, 4) is 0 Å². The molecule has 2 nitrogen and oxygen atoms in total. The minimum absolute atomic E-state index is 0.159. The second-order valence-corrected chi connectivity index (χ2v) is 6.72. The lowest BCUT2D eigenvalue weighted by Gasteiger charge is -2.44. The van der Waals surface area contributed by atoms with Crippen molar-refractivity contribution in [3.63, 3.8) is 0 Å². The van der Waals surface area contributed by atoms with Gasteiger partial charge in [0, 0.05) is 18.8 Å². The normalized spacial score (nSPS) is 26.4. The summed E-state index contributed by atoms with van der Waals surface area (Å²) in [4.78, 5) is 2.58. The van der Waals surface area contributed by atoms with Crippen LogP contribution >= 0.6 is 0 Å². The third kappa shape index (κ3) is 3.60. The average molecular weight is 288 g/mol. The van der Waals surface area contributed by atoms with E-state index in [1.807, 2.05) is 0 Å². The largest absolute Gasteiger partial charge is 0.365 e. The minimum Gasteiger partial charge on any atom is -0.365 e. The van der Waals surface area contributed by atoms with Gasteiger partial charge in [0.1, 0.15) is 0 Å². The molecule has 1 aromatic carbocycles. The molecular formula is C19H32N2. The van der Waals surface area contributed by atoms with Gasteiger partial charge in [0.2, 0.25) is 0 Å². The van der Waals surface area contributed by atoms with Gasteiger partial charge < -0.3 is 10.6 Å². The van der Waals surface area contributed by atoms with Gasteiger partial charge in [-0.1, -0.05) is 38.3 Å². The Labute approximate surface area is 130 Å². The molecule has 2 rings (SSSR count). The van der Waals surface area contributed by atoms with Crippen molar-refractivity contribution >= 4 is 5.69 Å². The molecule has 0 spiro atoms. The second-order valence-electron chi connectivity index (χ2n) is 6.72. The Morgan fingerprint density at radius 1 is 1.24 bits per heavy atom. The zero-order valence-corrected chi connectivity index (χ0v) is 14.1. The monoisotopic (exact) mass is 288 g/mol. The summed E-state index contributed by atoms with van der Waals surface area (Å²) < 4.78 is 0. The SMILES string of the molecule is CCC1CCCC(CN)(N(CC)c2cccc(C)c2)CC1. The van der Waals surface area contributed by atoms with Crippen LogP contribution in [0.4, 0.5) is 5.69 Å². The Morgan fingerprint density at radius 2 is 2.05 bits per heavy atom. The Kier molecular flexibility index (Phi) is 5.69. The van der Waals surface area contributed by atoms with Gasteiger partial charge in [0.05, 0.1) is 5.54 Å². The standard InChI is InChI=1S/C19H32N2/c1-4-17-9-7-12-19(15-20,13-11-17)21(5-2)18-10-6-8-16(3)14-18/h6,8,10,14,17H,4-5,7,9,11-13,15,20H2,1-3H3. The maximum atomic E-state index is 6.30. The number of hydrogen-bond donors (Lipinski definition) is 1. The van der Waals surface area contributed by atoms with E-state index in [0.29, 0.717) is 0 Å². The predicted molar refractivity (Wildman–Crippen MR) is 92.9 cm³/mol. The molecule has 2 atom stereocenters. The highest BCUT2D eigenvalue weighted by atomic mass is 15.2. The topological polar surface area (TPSA) is 29.3 Å². The molecule has 1 aromatic rings. The summed E-state index contributed by atoms with van der Waals surface area (Å²) in [6.45, 7) is 8.58. The summed E-state index contributed by atoms with van der Waals surface area (Å²) >= 11 is 0. The number of aryl methyl sites for hydroxylation is 1. The van der Waals surface area contributed by atoms with Gasteiger partial charge in [-0.3, -0.25) is 0 Å². The third-order valence-electron chi connectivity index (χ3n) is 5.43. The van der Waals surface area contributed by atoms with Gasteiger partial charge in [-0.25, -0.2) is 0 Å². The summed E-state index contributed by atoms with van der Waals surface area (Å²) in [7, 11) is 0. The van der Waals surface area contributed by atoms with E-state index >= 15 is 0 Å². The molecule has 2 N–H and O–H groups in total. The summed E-state index contributed by atoms with van der Waals surface area (Å²) in [5.41, 5.74) is 9.14. The minimum atomic E-state index is 0.159. The van der Waals surface area contributed by atoms with Crippen LogP contribution in [0.3, 0.4) is 0 Å². The van der Waals surface area contributed by atoms with Crippen molar-refractivity contribution in [2.24, 2.45) is 11.7 Å². The summed E-state index contributed by atoms with van der Waals surface area (Å²) in [5.74, 6) is 0.898. The average Bonchev–Trinajstić information content (AvgIpc) is 2.71. The van der Waals surface area contributed by atoms with Crippen LogP contribution in [0.5, 0.6) is 0 Å².